The summed E-state index contributed by atoms with van der Waals surface area (Å²) in [4.78, 5) is 0. The summed E-state index contributed by atoms with van der Waals surface area (Å²) in [6.45, 7) is 0. The monoisotopic (exact) mass is 386 g/mol. The first-order chi connectivity index (χ1) is 8.97. The molecule has 3 N–H and O–H groups in total. The van der Waals surface area contributed by atoms with Gasteiger partial charge in [-0.3, -0.25) is 5.41 Å². The second-order valence-corrected chi connectivity index (χ2v) is 5.56. The van der Waals surface area contributed by atoms with Crippen molar-refractivity contribution in [3.05, 3.63) is 56.7 Å². The van der Waals surface area contributed by atoms with Gasteiger partial charge in [0.2, 0.25) is 0 Å². The van der Waals surface area contributed by atoms with Crippen LogP contribution in [0.1, 0.15) is 5.56 Å². The van der Waals surface area contributed by atoms with Gasteiger partial charge >= 0.3 is 0 Å². The van der Waals surface area contributed by atoms with Gasteiger partial charge in [-0.1, -0.05) is 31.9 Å². The Morgan fingerprint density at radius 2 is 1.63 bits per heavy atom. The number of hydrogen-bond donors (Lipinski definition) is 2. The van der Waals surface area contributed by atoms with E-state index in [4.69, 9.17) is 15.9 Å². The maximum atomic E-state index is 13.6. The van der Waals surface area contributed by atoms with Crippen LogP contribution in [0.2, 0.25) is 0 Å². The Balaban J connectivity index is 2.45. The van der Waals surface area contributed by atoms with E-state index in [1.807, 2.05) is 0 Å². The van der Waals surface area contributed by atoms with Crippen LogP contribution in [0.25, 0.3) is 0 Å². The van der Waals surface area contributed by atoms with Crippen LogP contribution in [0.4, 0.5) is 4.39 Å². The lowest BCUT2D eigenvalue weighted by Gasteiger charge is -2.11. The molecule has 0 unspecified atom stereocenters. The quantitative estimate of drug-likeness (QED) is 0.604. The first kappa shape index (κ1) is 14.0. The Morgan fingerprint density at radius 3 is 2.26 bits per heavy atom. The molecule has 0 saturated heterocycles. The second-order valence-electron chi connectivity index (χ2n) is 3.73. The molecule has 0 spiro atoms. The highest BCUT2D eigenvalue weighted by atomic mass is 79.9. The molecule has 0 aliphatic heterocycles. The van der Waals surface area contributed by atoms with Crippen molar-refractivity contribution in [2.24, 2.45) is 5.73 Å². The summed E-state index contributed by atoms with van der Waals surface area (Å²) in [5, 5.41) is 7.49. The van der Waals surface area contributed by atoms with Crippen LogP contribution in [-0.2, 0) is 0 Å². The summed E-state index contributed by atoms with van der Waals surface area (Å²) in [5.41, 5.74) is 5.88. The molecule has 2 aromatic rings. The number of nitrogens with two attached hydrogens (primary N) is 1. The molecule has 0 heterocycles. The van der Waals surface area contributed by atoms with Crippen molar-refractivity contribution in [1.82, 2.24) is 0 Å². The minimum atomic E-state index is -0.488. The van der Waals surface area contributed by atoms with Crippen molar-refractivity contribution in [2.45, 2.75) is 0 Å². The van der Waals surface area contributed by atoms with Gasteiger partial charge in [0.25, 0.3) is 0 Å². The van der Waals surface area contributed by atoms with E-state index >= 15 is 0 Å². The summed E-state index contributed by atoms with van der Waals surface area (Å²) in [6, 6.07) is 9.40. The van der Waals surface area contributed by atoms with Crippen molar-refractivity contribution in [2.75, 3.05) is 0 Å². The van der Waals surface area contributed by atoms with Crippen LogP contribution in [-0.4, -0.2) is 5.84 Å². The van der Waals surface area contributed by atoms with Gasteiger partial charge in [0.15, 0.2) is 11.6 Å². The molecule has 0 aliphatic carbocycles. The largest absolute Gasteiger partial charge is 0.453 e. The van der Waals surface area contributed by atoms with Crippen LogP contribution in [0, 0.1) is 11.2 Å². The van der Waals surface area contributed by atoms with Gasteiger partial charge in [-0.2, -0.15) is 0 Å². The fraction of sp³-hybridized carbons (Fsp3) is 0. The Morgan fingerprint density at radius 1 is 1.05 bits per heavy atom. The molecule has 0 amide bonds. The molecule has 0 saturated carbocycles. The van der Waals surface area contributed by atoms with Crippen LogP contribution >= 0.6 is 31.9 Å². The second kappa shape index (κ2) is 5.71. The highest BCUT2D eigenvalue weighted by Gasteiger charge is 2.11. The molecule has 6 heteroatoms. The Bertz CT molecular complexity index is 647. The van der Waals surface area contributed by atoms with Gasteiger partial charge in [0.1, 0.15) is 11.6 Å². The molecule has 19 heavy (non-hydrogen) atoms. The third kappa shape index (κ3) is 3.33. The predicted octanol–water partition coefficient (Wildman–Crippen LogP) is 4.43. The molecule has 0 atom stereocenters. The van der Waals surface area contributed by atoms with Crippen molar-refractivity contribution < 1.29 is 9.13 Å². The van der Waals surface area contributed by atoms with E-state index in [1.165, 1.54) is 12.1 Å². The number of nitrogens with one attached hydrogen (secondary N) is 1. The molecule has 0 fully saturated rings. The Labute approximate surface area is 126 Å². The van der Waals surface area contributed by atoms with Crippen LogP contribution < -0.4 is 10.5 Å². The van der Waals surface area contributed by atoms with Gasteiger partial charge in [0.05, 0.1) is 5.56 Å². The highest BCUT2D eigenvalue weighted by Crippen LogP contribution is 2.31. The summed E-state index contributed by atoms with van der Waals surface area (Å²) >= 11 is 6.55. The number of amidine groups is 1. The number of rotatable bonds is 3. The lowest BCUT2D eigenvalue weighted by Crippen LogP contribution is -2.12. The number of benzene rings is 2. The highest BCUT2D eigenvalue weighted by molar-refractivity contribution is 9.10. The maximum Gasteiger partial charge on any atom is 0.165 e. The zero-order valence-corrected chi connectivity index (χ0v) is 12.8. The molecule has 3 nitrogen and oxygen atoms in total. The van der Waals surface area contributed by atoms with E-state index in [0.29, 0.717) is 15.8 Å². The van der Waals surface area contributed by atoms with Crippen LogP contribution in [0.3, 0.4) is 0 Å². The molecular weight excluding hydrogens is 379 g/mol. The van der Waals surface area contributed by atoms with Crippen molar-refractivity contribution in [1.29, 1.82) is 5.41 Å². The SMILES string of the molecule is N=C(N)c1ccc(Br)cc1Oc1cc(Br)ccc1F. The van der Waals surface area contributed by atoms with Gasteiger partial charge in [-0.25, -0.2) is 4.39 Å². The third-order valence-electron chi connectivity index (χ3n) is 2.35. The molecule has 0 aromatic heterocycles. The molecule has 0 aliphatic rings. The lowest BCUT2D eigenvalue weighted by molar-refractivity contribution is 0.441. The number of ether oxygens (including phenoxy) is 1. The lowest BCUT2D eigenvalue weighted by atomic mass is 10.2. The molecule has 2 rings (SSSR count). The van der Waals surface area contributed by atoms with Gasteiger partial charge in [-0.05, 0) is 36.4 Å². The van der Waals surface area contributed by atoms with E-state index in [-0.39, 0.29) is 11.6 Å². The van der Waals surface area contributed by atoms with Crippen molar-refractivity contribution in [3.8, 4) is 11.5 Å². The summed E-state index contributed by atoms with van der Waals surface area (Å²) in [6.07, 6.45) is 0. The van der Waals surface area contributed by atoms with E-state index < -0.39 is 5.82 Å². The zero-order chi connectivity index (χ0) is 14.0. The van der Waals surface area contributed by atoms with E-state index in [2.05, 4.69) is 31.9 Å². The zero-order valence-electron chi connectivity index (χ0n) is 9.58. The number of nitrogen functional groups attached to an aromatic ring is 1. The number of hydrogen-bond acceptors (Lipinski definition) is 2. The normalized spacial score (nSPS) is 10.3. The summed E-state index contributed by atoms with van der Waals surface area (Å²) in [7, 11) is 0. The third-order valence-corrected chi connectivity index (χ3v) is 3.33. The molecule has 98 valence electrons. The van der Waals surface area contributed by atoms with E-state index in [1.54, 1.807) is 24.3 Å². The predicted molar refractivity (Wildman–Crippen MR) is 79.3 cm³/mol. The number of halogens is 3. The fourth-order valence-corrected chi connectivity index (χ4v) is 2.16. The van der Waals surface area contributed by atoms with E-state index in [0.717, 1.165) is 4.47 Å². The van der Waals surface area contributed by atoms with Crippen molar-refractivity contribution in [3.63, 3.8) is 0 Å². The first-order valence-electron chi connectivity index (χ1n) is 5.24. The minimum absolute atomic E-state index is 0.0648. The standard InChI is InChI=1S/C13H9Br2FN2O/c14-7-1-3-9(13(17)18)11(5-7)19-12-6-8(15)2-4-10(12)16/h1-6H,(H3,17,18). The Hall–Kier alpha value is -1.40. The molecule has 0 radical (unpaired) electrons. The molecular formula is C13H9Br2FN2O. The van der Waals surface area contributed by atoms with Crippen molar-refractivity contribution >= 4 is 37.7 Å². The Kier molecular flexibility index (Phi) is 4.21. The van der Waals surface area contributed by atoms with E-state index in [9.17, 15) is 4.39 Å². The molecule has 2 aromatic carbocycles. The average Bonchev–Trinajstić information content (AvgIpc) is 2.33. The van der Waals surface area contributed by atoms with Gasteiger partial charge in [0, 0.05) is 8.95 Å². The van der Waals surface area contributed by atoms with Crippen LogP contribution in [0.15, 0.2) is 45.3 Å². The molecule has 0 bridgehead atoms. The topological polar surface area (TPSA) is 59.1 Å². The summed E-state index contributed by atoms with van der Waals surface area (Å²) < 4.78 is 20.6. The van der Waals surface area contributed by atoms with Gasteiger partial charge in [-0.15, -0.1) is 0 Å². The van der Waals surface area contributed by atoms with Crippen LogP contribution in [0.5, 0.6) is 11.5 Å². The smallest absolute Gasteiger partial charge is 0.165 e. The first-order valence-corrected chi connectivity index (χ1v) is 6.83. The maximum absolute atomic E-state index is 13.6. The minimum Gasteiger partial charge on any atom is -0.453 e. The fourth-order valence-electron chi connectivity index (χ4n) is 1.48. The van der Waals surface area contributed by atoms with Gasteiger partial charge < -0.3 is 10.5 Å². The summed E-state index contributed by atoms with van der Waals surface area (Å²) in [5.74, 6) is -0.246. The average molecular weight is 388 g/mol.